The summed E-state index contributed by atoms with van der Waals surface area (Å²) in [7, 11) is 0. The summed E-state index contributed by atoms with van der Waals surface area (Å²) in [6.07, 6.45) is 15.4. The lowest BCUT2D eigenvalue weighted by Gasteiger charge is -2.44. The highest BCUT2D eigenvalue weighted by Gasteiger charge is 2.53. The molecule has 0 saturated heterocycles. The van der Waals surface area contributed by atoms with Gasteiger partial charge in [0.25, 0.3) is 0 Å². The molecule has 1 atom stereocenters. The summed E-state index contributed by atoms with van der Waals surface area (Å²) in [5, 5.41) is 0. The number of nitrogens with zero attached hydrogens (tertiary/aromatic N) is 1. The maximum atomic E-state index is 5.94. The van der Waals surface area contributed by atoms with E-state index in [9.17, 15) is 0 Å². The van der Waals surface area contributed by atoms with Crippen LogP contribution in [0.4, 0.5) is 0 Å². The Bertz CT molecular complexity index is 488. The van der Waals surface area contributed by atoms with Crippen molar-refractivity contribution in [3.05, 3.63) is 35.9 Å². The lowest BCUT2D eigenvalue weighted by Crippen LogP contribution is -2.41. The van der Waals surface area contributed by atoms with Gasteiger partial charge in [0.1, 0.15) is 0 Å². The molecule has 1 fully saturated rings. The average molecular weight is 237 g/mol. The van der Waals surface area contributed by atoms with E-state index in [1.165, 1.54) is 37.7 Å². The predicted octanol–water partition coefficient (Wildman–Crippen LogP) is 3.94. The van der Waals surface area contributed by atoms with Crippen LogP contribution in [0, 0.1) is 17.8 Å². The van der Waals surface area contributed by atoms with Crippen molar-refractivity contribution in [2.75, 3.05) is 0 Å². The van der Waals surface area contributed by atoms with Gasteiger partial charge in [0, 0.05) is 11.6 Å². The number of hydrogen-bond donors (Lipinski definition) is 0. The molecule has 18 heavy (non-hydrogen) atoms. The molecule has 1 nitrogen and oxygen atoms in total. The van der Waals surface area contributed by atoms with Gasteiger partial charge >= 0.3 is 0 Å². The number of terminal acetylenes is 1. The zero-order valence-corrected chi connectivity index (χ0v) is 10.7. The zero-order valence-electron chi connectivity index (χ0n) is 10.7. The van der Waals surface area contributed by atoms with Crippen LogP contribution in [0.15, 0.2) is 35.3 Å². The molecule has 1 aliphatic carbocycles. The quantitative estimate of drug-likeness (QED) is 0.656. The third-order valence-corrected chi connectivity index (χ3v) is 4.75. The van der Waals surface area contributed by atoms with Crippen molar-refractivity contribution in [1.29, 1.82) is 0 Å². The Morgan fingerprint density at radius 2 is 1.78 bits per heavy atom. The molecule has 1 heterocycles. The minimum Gasteiger partial charge on any atom is -0.272 e. The van der Waals surface area contributed by atoms with Gasteiger partial charge in [0.05, 0.1) is 0 Å². The molecule has 1 aromatic rings. The van der Waals surface area contributed by atoms with Crippen molar-refractivity contribution >= 4 is 6.21 Å². The molecule has 0 N–H and O–H groups in total. The number of benzene rings is 1. The third kappa shape index (κ3) is 1.45. The maximum absolute atomic E-state index is 5.94. The molecule has 1 unspecified atom stereocenters. The summed E-state index contributed by atoms with van der Waals surface area (Å²) in [5.74, 6) is 3.06. The summed E-state index contributed by atoms with van der Waals surface area (Å²) in [4.78, 5) is 4.77. The first kappa shape index (κ1) is 11.5. The second-order valence-corrected chi connectivity index (χ2v) is 5.58. The Kier molecular flexibility index (Phi) is 2.74. The summed E-state index contributed by atoms with van der Waals surface area (Å²) < 4.78 is 0. The maximum Gasteiger partial charge on any atom is 0.151 e. The molecular formula is C17H19N. The molecule has 0 bridgehead atoms. The van der Waals surface area contributed by atoms with Crippen LogP contribution in [0.3, 0.4) is 0 Å². The fourth-order valence-corrected chi connectivity index (χ4v) is 3.77. The lowest BCUT2D eigenvalue weighted by molar-refractivity contribution is 0.129. The Morgan fingerprint density at radius 1 is 1.06 bits per heavy atom. The highest BCUT2D eigenvalue weighted by Crippen LogP contribution is 2.56. The first-order valence-corrected chi connectivity index (χ1v) is 6.90. The van der Waals surface area contributed by atoms with E-state index in [1.54, 1.807) is 0 Å². The van der Waals surface area contributed by atoms with Gasteiger partial charge in [-0.2, -0.15) is 0 Å². The highest BCUT2D eigenvalue weighted by molar-refractivity contribution is 5.66. The van der Waals surface area contributed by atoms with Crippen LogP contribution in [-0.2, 0) is 5.54 Å². The van der Waals surface area contributed by atoms with Crippen LogP contribution >= 0.6 is 0 Å². The number of hydrogen-bond acceptors (Lipinski definition) is 1. The van der Waals surface area contributed by atoms with Crippen LogP contribution in [-0.4, -0.2) is 6.21 Å². The van der Waals surface area contributed by atoms with E-state index in [0.29, 0.717) is 0 Å². The van der Waals surface area contributed by atoms with E-state index < -0.39 is 5.54 Å². The molecule has 0 amide bonds. The van der Waals surface area contributed by atoms with Crippen molar-refractivity contribution in [3.63, 3.8) is 0 Å². The van der Waals surface area contributed by atoms with Crippen molar-refractivity contribution in [2.24, 2.45) is 10.4 Å². The minimum atomic E-state index is -0.408. The summed E-state index contributed by atoms with van der Waals surface area (Å²) in [6.45, 7) is 0. The Labute approximate surface area is 109 Å². The van der Waals surface area contributed by atoms with Crippen LogP contribution < -0.4 is 0 Å². The summed E-state index contributed by atoms with van der Waals surface area (Å²) in [6, 6.07) is 10.5. The molecule has 1 heteroatoms. The van der Waals surface area contributed by atoms with E-state index in [0.717, 1.165) is 6.42 Å². The SMILES string of the molecule is C#CC1(c2ccccc2)N=CCC12CCCCC2. The Morgan fingerprint density at radius 3 is 2.44 bits per heavy atom. The minimum absolute atomic E-state index is 0.182. The van der Waals surface area contributed by atoms with Gasteiger partial charge in [-0.3, -0.25) is 4.99 Å². The van der Waals surface area contributed by atoms with Crippen LogP contribution in [0.2, 0.25) is 0 Å². The van der Waals surface area contributed by atoms with Crippen molar-refractivity contribution in [2.45, 2.75) is 44.1 Å². The highest BCUT2D eigenvalue weighted by atomic mass is 14.9. The predicted molar refractivity (Wildman–Crippen MR) is 75.6 cm³/mol. The summed E-state index contributed by atoms with van der Waals surface area (Å²) in [5.41, 5.74) is 0.971. The van der Waals surface area contributed by atoms with Gasteiger partial charge in [-0.15, -0.1) is 6.42 Å². The second-order valence-electron chi connectivity index (χ2n) is 5.58. The monoisotopic (exact) mass is 237 g/mol. The second kappa shape index (κ2) is 4.28. The molecule has 1 aromatic carbocycles. The molecule has 92 valence electrons. The smallest absolute Gasteiger partial charge is 0.151 e. The van der Waals surface area contributed by atoms with Gasteiger partial charge in [-0.05, 0) is 24.8 Å². The van der Waals surface area contributed by atoms with E-state index in [-0.39, 0.29) is 5.41 Å². The molecule has 0 aromatic heterocycles. The fourth-order valence-electron chi connectivity index (χ4n) is 3.77. The van der Waals surface area contributed by atoms with E-state index in [1.807, 2.05) is 6.07 Å². The van der Waals surface area contributed by atoms with Gasteiger partial charge in [-0.1, -0.05) is 55.5 Å². The zero-order chi connectivity index (χ0) is 12.5. The molecule has 2 aliphatic rings. The van der Waals surface area contributed by atoms with Crippen LogP contribution in [0.1, 0.15) is 44.1 Å². The molecule has 1 aliphatic heterocycles. The normalized spacial score (nSPS) is 29.3. The van der Waals surface area contributed by atoms with Crippen LogP contribution in [0.5, 0.6) is 0 Å². The van der Waals surface area contributed by atoms with E-state index in [4.69, 9.17) is 11.4 Å². The van der Waals surface area contributed by atoms with Gasteiger partial charge < -0.3 is 0 Å². The van der Waals surface area contributed by atoms with Crippen molar-refractivity contribution in [3.8, 4) is 12.3 Å². The van der Waals surface area contributed by atoms with Gasteiger partial charge in [-0.25, -0.2) is 0 Å². The first-order valence-electron chi connectivity index (χ1n) is 6.90. The van der Waals surface area contributed by atoms with Gasteiger partial charge in [0.15, 0.2) is 5.54 Å². The standard InChI is InChI=1S/C17H19N/c1-2-17(15-9-5-3-6-10-15)16(13-14-18-17)11-7-4-8-12-16/h1,3,5-6,9-10,14H,4,7-8,11-13H2. The van der Waals surface area contributed by atoms with E-state index in [2.05, 4.69) is 36.4 Å². The molecular weight excluding hydrogens is 218 g/mol. The fraction of sp³-hybridized carbons (Fsp3) is 0.471. The topological polar surface area (TPSA) is 12.4 Å². The molecule has 1 spiro atoms. The van der Waals surface area contributed by atoms with Crippen molar-refractivity contribution in [1.82, 2.24) is 0 Å². The van der Waals surface area contributed by atoms with Gasteiger partial charge in [0.2, 0.25) is 0 Å². The first-order chi connectivity index (χ1) is 8.83. The average Bonchev–Trinajstić information content (AvgIpc) is 2.80. The molecule has 1 saturated carbocycles. The molecule has 0 radical (unpaired) electrons. The third-order valence-electron chi connectivity index (χ3n) is 4.75. The largest absolute Gasteiger partial charge is 0.272 e. The van der Waals surface area contributed by atoms with Crippen LogP contribution in [0.25, 0.3) is 0 Å². The lowest BCUT2D eigenvalue weighted by atomic mass is 9.60. The Balaban J connectivity index is 2.10. The Hall–Kier alpha value is -1.55. The molecule has 3 rings (SSSR count). The summed E-state index contributed by atoms with van der Waals surface area (Å²) >= 11 is 0. The number of rotatable bonds is 1. The number of aliphatic imine (C=N–C) groups is 1. The van der Waals surface area contributed by atoms with Crippen molar-refractivity contribution < 1.29 is 0 Å². The van der Waals surface area contributed by atoms with E-state index >= 15 is 0 Å².